The molecule has 8 nitrogen and oxygen atoms in total. The van der Waals surface area contributed by atoms with E-state index < -0.39 is 5.97 Å². The molecule has 8 heteroatoms. The highest BCUT2D eigenvalue weighted by Crippen LogP contribution is 1.91. The van der Waals surface area contributed by atoms with E-state index in [1.54, 1.807) is 0 Å². The lowest BCUT2D eigenvalue weighted by atomic mass is 10.4. The Bertz CT molecular complexity index is 286. The van der Waals surface area contributed by atoms with Gasteiger partial charge in [0.15, 0.2) is 5.82 Å². The number of hydrogen-bond acceptors (Lipinski definition) is 7. The van der Waals surface area contributed by atoms with E-state index in [-0.39, 0.29) is 19.6 Å². The zero-order valence-electron chi connectivity index (χ0n) is 7.34. The molecule has 76 valence electrons. The number of aromatic amines is 1. The summed E-state index contributed by atoms with van der Waals surface area (Å²) in [5.41, 5.74) is 0. The highest BCUT2D eigenvalue weighted by molar-refractivity contribution is 5.69. The first-order chi connectivity index (χ1) is 6.83. The molecule has 0 aromatic carbocycles. The Morgan fingerprint density at radius 2 is 2.43 bits per heavy atom. The number of esters is 1. The van der Waals surface area contributed by atoms with E-state index in [4.69, 9.17) is 4.74 Å². The second-order valence-corrected chi connectivity index (χ2v) is 2.42. The number of H-pyrrole nitrogens is 1. The van der Waals surface area contributed by atoms with Gasteiger partial charge in [0.2, 0.25) is 0 Å². The van der Waals surface area contributed by atoms with E-state index in [1.165, 1.54) is 0 Å². The van der Waals surface area contributed by atoms with Crippen molar-refractivity contribution < 1.29 is 9.53 Å². The van der Waals surface area contributed by atoms with Crippen LogP contribution in [0.4, 0.5) is 0 Å². The summed E-state index contributed by atoms with van der Waals surface area (Å²) in [5, 5.41) is 15.4. The van der Waals surface area contributed by atoms with Crippen LogP contribution in [0.5, 0.6) is 0 Å². The van der Waals surface area contributed by atoms with Crippen LogP contribution in [0.15, 0.2) is 5.18 Å². The summed E-state index contributed by atoms with van der Waals surface area (Å²) in [6.45, 7) is 0.136. The lowest BCUT2D eigenvalue weighted by molar-refractivity contribution is -0.143. The molecule has 0 unspecified atom stereocenters. The summed E-state index contributed by atoms with van der Waals surface area (Å²) in [6, 6.07) is 0. The molecule has 0 spiro atoms. The average Bonchev–Trinajstić information content (AvgIpc) is 2.67. The molecule has 1 rings (SSSR count). The summed E-state index contributed by atoms with van der Waals surface area (Å²) in [7, 11) is 0. The lowest BCUT2D eigenvalue weighted by Gasteiger charge is -2.00. The Labute approximate surface area is 79.0 Å². The number of hydrogen-bond donors (Lipinski definition) is 1. The van der Waals surface area contributed by atoms with Crippen molar-refractivity contribution in [2.75, 3.05) is 13.2 Å². The molecule has 14 heavy (non-hydrogen) atoms. The van der Waals surface area contributed by atoms with Crippen molar-refractivity contribution in [1.82, 2.24) is 20.6 Å². The van der Waals surface area contributed by atoms with Crippen molar-refractivity contribution in [2.45, 2.75) is 12.8 Å². The number of nitroso groups, excluding NO2 is 1. The summed E-state index contributed by atoms with van der Waals surface area (Å²) < 4.78 is 4.76. The van der Waals surface area contributed by atoms with Crippen LogP contribution in [-0.4, -0.2) is 39.7 Å². The Balaban J connectivity index is 2.09. The number of aromatic nitrogens is 4. The zero-order chi connectivity index (χ0) is 10.2. The molecule has 0 bridgehead atoms. The van der Waals surface area contributed by atoms with Crippen molar-refractivity contribution >= 4 is 5.97 Å². The zero-order valence-corrected chi connectivity index (χ0v) is 7.34. The van der Waals surface area contributed by atoms with Gasteiger partial charge in [-0.15, -0.1) is 5.10 Å². The van der Waals surface area contributed by atoms with Crippen molar-refractivity contribution in [3.05, 3.63) is 10.7 Å². The predicted molar refractivity (Wildman–Crippen MR) is 44.1 cm³/mol. The number of tetrazole rings is 1. The number of rotatable bonds is 6. The Morgan fingerprint density at radius 3 is 3.07 bits per heavy atom. The molecular weight excluding hydrogens is 190 g/mol. The van der Waals surface area contributed by atoms with Crippen LogP contribution in [0.2, 0.25) is 0 Å². The van der Waals surface area contributed by atoms with Gasteiger partial charge in [0.25, 0.3) is 0 Å². The first kappa shape index (κ1) is 10.2. The first-order valence-corrected chi connectivity index (χ1v) is 4.00. The van der Waals surface area contributed by atoms with Crippen LogP contribution in [0.1, 0.15) is 12.2 Å². The molecule has 0 fully saturated rings. The molecule has 0 aliphatic heterocycles. The van der Waals surface area contributed by atoms with Gasteiger partial charge in [-0.2, -0.15) is 4.91 Å². The van der Waals surface area contributed by atoms with Crippen LogP contribution in [0.3, 0.4) is 0 Å². The van der Waals surface area contributed by atoms with Gasteiger partial charge in [-0.05, 0) is 10.4 Å². The molecule has 1 aromatic heterocycles. The lowest BCUT2D eigenvalue weighted by Crippen LogP contribution is -2.09. The highest BCUT2D eigenvalue weighted by Gasteiger charge is 2.03. The maximum Gasteiger partial charge on any atom is 0.307 e. The minimum atomic E-state index is -0.447. The maximum atomic E-state index is 10.8. The smallest absolute Gasteiger partial charge is 0.307 e. The SMILES string of the molecule is O=NCCC(=O)OCCc1nnn[nH]1. The Hall–Kier alpha value is -1.86. The van der Waals surface area contributed by atoms with Gasteiger partial charge in [0, 0.05) is 6.42 Å². The number of ether oxygens (including phenoxy) is 1. The third kappa shape index (κ3) is 3.70. The van der Waals surface area contributed by atoms with Crippen molar-refractivity contribution in [3.8, 4) is 0 Å². The molecule has 0 saturated heterocycles. The largest absolute Gasteiger partial charge is 0.465 e. The topological polar surface area (TPSA) is 110 Å². The van der Waals surface area contributed by atoms with Crippen molar-refractivity contribution in [3.63, 3.8) is 0 Å². The number of nitrogens with zero attached hydrogens (tertiary/aromatic N) is 4. The molecule has 1 N–H and O–H groups in total. The van der Waals surface area contributed by atoms with E-state index in [1.807, 2.05) is 0 Å². The minimum Gasteiger partial charge on any atom is -0.465 e. The monoisotopic (exact) mass is 199 g/mol. The summed E-state index contributed by atoms with van der Waals surface area (Å²) in [6.07, 6.45) is 0.436. The van der Waals surface area contributed by atoms with Crippen LogP contribution >= 0.6 is 0 Å². The number of carbonyl (C=O) groups is 1. The molecule has 0 aliphatic carbocycles. The van der Waals surface area contributed by atoms with E-state index in [2.05, 4.69) is 25.8 Å². The van der Waals surface area contributed by atoms with Gasteiger partial charge in [-0.3, -0.25) is 4.79 Å². The summed E-state index contributed by atoms with van der Waals surface area (Å²) in [4.78, 5) is 20.5. The number of nitrogens with one attached hydrogen (secondary N) is 1. The van der Waals surface area contributed by atoms with E-state index in [9.17, 15) is 9.70 Å². The average molecular weight is 199 g/mol. The van der Waals surface area contributed by atoms with E-state index in [0.717, 1.165) is 0 Å². The van der Waals surface area contributed by atoms with Gasteiger partial charge < -0.3 is 4.74 Å². The van der Waals surface area contributed by atoms with Gasteiger partial charge in [-0.1, -0.05) is 5.18 Å². The molecule has 0 aliphatic rings. The van der Waals surface area contributed by atoms with Gasteiger partial charge >= 0.3 is 5.97 Å². The van der Waals surface area contributed by atoms with Gasteiger partial charge in [-0.25, -0.2) is 5.10 Å². The fourth-order valence-corrected chi connectivity index (χ4v) is 0.755. The fourth-order valence-electron chi connectivity index (χ4n) is 0.755. The molecule has 1 aromatic rings. The van der Waals surface area contributed by atoms with Gasteiger partial charge in [0.1, 0.15) is 0 Å². The third-order valence-corrected chi connectivity index (χ3v) is 1.40. The van der Waals surface area contributed by atoms with Crippen LogP contribution in [-0.2, 0) is 16.0 Å². The standard InChI is InChI=1S/C6H9N5O3/c12-6(1-3-7-13)14-4-2-5-8-10-11-9-5/h1-4H2,(H,8,9,10,11). The Morgan fingerprint density at radius 1 is 1.57 bits per heavy atom. The molecule has 1 heterocycles. The normalized spacial score (nSPS) is 9.71. The number of carbonyl (C=O) groups excluding carboxylic acids is 1. The van der Waals surface area contributed by atoms with E-state index in [0.29, 0.717) is 12.2 Å². The molecule has 0 amide bonds. The van der Waals surface area contributed by atoms with Crippen LogP contribution in [0, 0.1) is 4.91 Å². The molecule has 0 saturated carbocycles. The van der Waals surface area contributed by atoms with Crippen LogP contribution in [0.25, 0.3) is 0 Å². The molecule has 0 atom stereocenters. The molecular formula is C6H9N5O3. The summed E-state index contributed by atoms with van der Waals surface area (Å²) in [5.74, 6) is 0.100. The predicted octanol–water partition coefficient (Wildman–Crippen LogP) is -0.558. The summed E-state index contributed by atoms with van der Waals surface area (Å²) >= 11 is 0. The Kier molecular flexibility index (Phi) is 4.18. The third-order valence-electron chi connectivity index (χ3n) is 1.40. The minimum absolute atomic E-state index is 0.0121. The van der Waals surface area contributed by atoms with Gasteiger partial charge in [0.05, 0.1) is 19.6 Å². The first-order valence-electron chi connectivity index (χ1n) is 4.00. The maximum absolute atomic E-state index is 10.8. The quantitative estimate of drug-likeness (QED) is 0.485. The van der Waals surface area contributed by atoms with Crippen LogP contribution < -0.4 is 0 Å². The second kappa shape index (κ2) is 5.73. The second-order valence-electron chi connectivity index (χ2n) is 2.42. The molecule has 0 radical (unpaired) electrons. The highest BCUT2D eigenvalue weighted by atomic mass is 16.5. The fraction of sp³-hybridized carbons (Fsp3) is 0.667. The van der Waals surface area contributed by atoms with Crippen molar-refractivity contribution in [2.24, 2.45) is 5.18 Å². The van der Waals surface area contributed by atoms with Crippen molar-refractivity contribution in [1.29, 1.82) is 0 Å². The van der Waals surface area contributed by atoms with E-state index >= 15 is 0 Å².